The van der Waals surface area contributed by atoms with E-state index < -0.39 is 5.91 Å². The number of nitrogens with zero attached hydrogens (tertiary/aromatic N) is 1. The Morgan fingerprint density at radius 3 is 2.70 bits per heavy atom. The molecule has 1 aromatic carbocycles. The highest BCUT2D eigenvalue weighted by Gasteiger charge is 2.32. The van der Waals surface area contributed by atoms with Gasteiger partial charge in [-0.05, 0) is 23.6 Å². The predicted octanol–water partition coefficient (Wildman–Crippen LogP) is 2.96. The van der Waals surface area contributed by atoms with Gasteiger partial charge in [-0.25, -0.2) is 5.43 Å². The third-order valence-corrected chi connectivity index (χ3v) is 3.69. The van der Waals surface area contributed by atoms with Gasteiger partial charge in [0, 0.05) is 17.9 Å². The maximum Gasteiger partial charge on any atom is 0.275 e. The van der Waals surface area contributed by atoms with Gasteiger partial charge in [-0.15, -0.1) is 0 Å². The van der Waals surface area contributed by atoms with Crippen LogP contribution in [0.25, 0.3) is 0 Å². The van der Waals surface area contributed by atoms with Gasteiger partial charge in [-0.1, -0.05) is 25.4 Å². The number of rotatable bonds is 3. The Labute approximate surface area is 138 Å². The first kappa shape index (κ1) is 17.0. The highest BCUT2D eigenvalue weighted by atomic mass is 35.5. The molecular weight excluding hydrogens is 320 g/mol. The van der Waals surface area contributed by atoms with Crippen molar-refractivity contribution in [2.75, 3.05) is 0 Å². The highest BCUT2D eigenvalue weighted by Crippen LogP contribution is 2.35. The molecule has 1 aliphatic rings. The van der Waals surface area contributed by atoms with Crippen LogP contribution in [0.1, 0.15) is 37.0 Å². The summed E-state index contributed by atoms with van der Waals surface area (Å²) in [5.74, 6) is -1.19. The van der Waals surface area contributed by atoms with E-state index in [-0.39, 0.29) is 33.8 Å². The maximum atomic E-state index is 12.0. The molecule has 122 valence electrons. The molecule has 0 fully saturated rings. The number of aromatic hydroxyl groups is 1. The number of phenolic OH excluding ortho intramolecular Hbond substituents is 1. The normalized spacial score (nSPS) is 17.6. The van der Waals surface area contributed by atoms with Crippen LogP contribution < -0.4 is 5.43 Å². The number of allylic oxidation sites excluding steroid dienone is 2. The van der Waals surface area contributed by atoms with E-state index in [0.29, 0.717) is 17.9 Å². The van der Waals surface area contributed by atoms with E-state index in [1.54, 1.807) is 0 Å². The van der Waals surface area contributed by atoms with Crippen LogP contribution in [-0.2, 0) is 4.79 Å². The Hall–Kier alpha value is -2.34. The number of Topliss-reactive ketones (excluding diaryl/α,β-unsaturated/α-hetero) is 1. The van der Waals surface area contributed by atoms with Crippen molar-refractivity contribution >= 4 is 29.5 Å². The van der Waals surface area contributed by atoms with Gasteiger partial charge in [0.1, 0.15) is 11.5 Å². The van der Waals surface area contributed by atoms with Gasteiger partial charge in [0.05, 0.1) is 17.4 Å². The summed E-state index contributed by atoms with van der Waals surface area (Å²) in [5.41, 5.74) is 1.94. The number of halogens is 1. The van der Waals surface area contributed by atoms with Crippen molar-refractivity contribution in [3.63, 3.8) is 0 Å². The first-order chi connectivity index (χ1) is 10.7. The minimum atomic E-state index is -0.676. The fourth-order valence-electron chi connectivity index (χ4n) is 2.35. The lowest BCUT2D eigenvalue weighted by molar-refractivity contribution is -0.117. The van der Waals surface area contributed by atoms with Crippen LogP contribution in [0.5, 0.6) is 5.75 Å². The van der Waals surface area contributed by atoms with E-state index in [1.807, 2.05) is 13.8 Å². The molecule has 0 bridgehead atoms. The zero-order valence-corrected chi connectivity index (χ0v) is 13.5. The van der Waals surface area contributed by atoms with Crippen molar-refractivity contribution in [1.29, 1.82) is 0 Å². The van der Waals surface area contributed by atoms with Crippen molar-refractivity contribution in [3.05, 3.63) is 40.1 Å². The van der Waals surface area contributed by atoms with Crippen molar-refractivity contribution in [1.82, 2.24) is 5.43 Å². The number of hydrogen-bond donors (Lipinski definition) is 3. The first-order valence-corrected chi connectivity index (χ1v) is 7.35. The predicted molar refractivity (Wildman–Crippen MR) is 86.8 cm³/mol. The number of carbonyl (C=O) groups excluding carboxylic acids is 2. The lowest BCUT2D eigenvalue weighted by atomic mass is 9.77. The standard InChI is InChI=1S/C16H17ClN2O4/c1-16(2)6-13(21)11(14(22)7-16)8-18-19-15(23)10-5-9(17)3-4-12(10)20/h3-5,8,20-21H,6-7H2,1-2H3,(H,19,23)/b18-8+. The number of amides is 1. The van der Waals surface area contributed by atoms with E-state index in [2.05, 4.69) is 10.5 Å². The Morgan fingerprint density at radius 2 is 2.04 bits per heavy atom. The number of ketones is 1. The topological polar surface area (TPSA) is 99.0 Å². The van der Waals surface area contributed by atoms with Gasteiger partial charge in [0.2, 0.25) is 0 Å². The summed E-state index contributed by atoms with van der Waals surface area (Å²) in [6, 6.07) is 4.04. The Kier molecular flexibility index (Phi) is 4.75. The maximum absolute atomic E-state index is 12.0. The molecule has 0 unspecified atom stereocenters. The molecule has 0 atom stereocenters. The molecule has 0 saturated carbocycles. The van der Waals surface area contributed by atoms with E-state index in [9.17, 15) is 19.8 Å². The lowest BCUT2D eigenvalue weighted by Crippen LogP contribution is -2.27. The van der Waals surface area contributed by atoms with Crippen LogP contribution in [0.15, 0.2) is 34.6 Å². The molecule has 0 aromatic heterocycles. The average Bonchev–Trinajstić information content (AvgIpc) is 2.43. The minimum absolute atomic E-state index is 0.0380. The average molecular weight is 337 g/mol. The van der Waals surface area contributed by atoms with Crippen LogP contribution in [0.2, 0.25) is 5.02 Å². The minimum Gasteiger partial charge on any atom is -0.511 e. The second kappa shape index (κ2) is 6.42. The van der Waals surface area contributed by atoms with E-state index in [0.717, 1.165) is 6.21 Å². The molecule has 2 rings (SSSR count). The zero-order chi connectivity index (χ0) is 17.2. The van der Waals surface area contributed by atoms with Gasteiger partial charge in [-0.3, -0.25) is 9.59 Å². The van der Waals surface area contributed by atoms with Gasteiger partial charge in [0.15, 0.2) is 5.78 Å². The Bertz CT molecular complexity index is 723. The van der Waals surface area contributed by atoms with Crippen LogP contribution in [0.3, 0.4) is 0 Å². The lowest BCUT2D eigenvalue weighted by Gasteiger charge is -2.28. The number of benzene rings is 1. The van der Waals surface area contributed by atoms with Crippen LogP contribution in [-0.4, -0.2) is 28.1 Å². The van der Waals surface area contributed by atoms with Crippen LogP contribution in [0, 0.1) is 5.41 Å². The van der Waals surface area contributed by atoms with Crippen LogP contribution >= 0.6 is 11.6 Å². The van der Waals surface area contributed by atoms with Gasteiger partial charge in [0.25, 0.3) is 5.91 Å². The van der Waals surface area contributed by atoms with Crippen LogP contribution in [0.4, 0.5) is 0 Å². The number of aliphatic hydroxyl groups excluding tert-OH is 1. The zero-order valence-electron chi connectivity index (χ0n) is 12.8. The molecule has 0 radical (unpaired) electrons. The summed E-state index contributed by atoms with van der Waals surface area (Å²) < 4.78 is 0. The van der Waals surface area contributed by atoms with Crippen molar-refractivity contribution in [2.45, 2.75) is 26.7 Å². The summed E-state index contributed by atoms with van der Waals surface area (Å²) in [4.78, 5) is 23.9. The Balaban J connectivity index is 2.11. The monoisotopic (exact) mass is 336 g/mol. The molecule has 1 aromatic rings. The largest absolute Gasteiger partial charge is 0.511 e. The number of hydrazone groups is 1. The van der Waals surface area contributed by atoms with Crippen molar-refractivity contribution in [2.24, 2.45) is 10.5 Å². The van der Waals surface area contributed by atoms with E-state index >= 15 is 0 Å². The second-order valence-corrected chi connectivity index (χ2v) is 6.60. The summed E-state index contributed by atoms with van der Waals surface area (Å²) in [5, 5.41) is 23.5. The fourth-order valence-corrected chi connectivity index (χ4v) is 2.53. The SMILES string of the molecule is CC1(C)CC(=O)C(/C=N/NC(=O)c2cc(Cl)ccc2O)=C(O)C1. The fraction of sp³-hybridized carbons (Fsp3) is 0.312. The molecule has 3 N–H and O–H groups in total. The molecule has 0 aliphatic heterocycles. The molecule has 7 heteroatoms. The number of hydrogen-bond acceptors (Lipinski definition) is 5. The molecule has 0 saturated heterocycles. The smallest absolute Gasteiger partial charge is 0.275 e. The van der Waals surface area contributed by atoms with E-state index in [4.69, 9.17) is 11.6 Å². The number of phenols is 1. The quantitative estimate of drug-likeness (QED) is 0.583. The number of aliphatic hydroxyl groups is 1. The summed E-state index contributed by atoms with van der Waals surface area (Å²) in [7, 11) is 0. The van der Waals surface area contributed by atoms with Gasteiger partial charge < -0.3 is 10.2 Å². The number of carbonyl (C=O) groups is 2. The van der Waals surface area contributed by atoms with Gasteiger partial charge >= 0.3 is 0 Å². The number of nitrogens with one attached hydrogen (secondary N) is 1. The Morgan fingerprint density at radius 1 is 1.35 bits per heavy atom. The molecule has 0 spiro atoms. The molecule has 1 amide bonds. The summed E-state index contributed by atoms with van der Waals surface area (Å²) in [6.07, 6.45) is 1.77. The second-order valence-electron chi connectivity index (χ2n) is 6.16. The third-order valence-electron chi connectivity index (χ3n) is 3.46. The van der Waals surface area contributed by atoms with Gasteiger partial charge in [-0.2, -0.15) is 5.10 Å². The molecule has 6 nitrogen and oxygen atoms in total. The third kappa shape index (κ3) is 4.10. The van der Waals surface area contributed by atoms with E-state index in [1.165, 1.54) is 18.2 Å². The molecular formula is C16H17ClN2O4. The van der Waals surface area contributed by atoms with Crippen molar-refractivity contribution < 1.29 is 19.8 Å². The summed E-state index contributed by atoms with van der Waals surface area (Å²) >= 11 is 5.77. The molecule has 0 heterocycles. The molecule has 1 aliphatic carbocycles. The molecule has 23 heavy (non-hydrogen) atoms. The van der Waals surface area contributed by atoms with Crippen molar-refractivity contribution in [3.8, 4) is 5.75 Å². The summed E-state index contributed by atoms with van der Waals surface area (Å²) in [6.45, 7) is 3.78. The first-order valence-electron chi connectivity index (χ1n) is 6.97. The highest BCUT2D eigenvalue weighted by molar-refractivity contribution is 6.31.